The molecule has 3 heterocycles. The molecular formula is C26H30N4O2. The van der Waals surface area contributed by atoms with Gasteiger partial charge in [0.1, 0.15) is 29.1 Å². The van der Waals surface area contributed by atoms with Gasteiger partial charge < -0.3 is 14.2 Å². The summed E-state index contributed by atoms with van der Waals surface area (Å²) in [6, 6.07) is 15.6. The van der Waals surface area contributed by atoms with Crippen molar-refractivity contribution in [3.63, 3.8) is 0 Å². The fraction of sp³-hybridized carbons (Fsp3) is 0.423. The van der Waals surface area contributed by atoms with E-state index in [4.69, 9.17) is 4.74 Å². The third-order valence-electron chi connectivity index (χ3n) is 6.55. The first-order chi connectivity index (χ1) is 15.4. The summed E-state index contributed by atoms with van der Waals surface area (Å²) in [5.74, 6) is 1.73. The fourth-order valence-corrected chi connectivity index (χ4v) is 4.50. The van der Waals surface area contributed by atoms with E-state index in [1.165, 1.54) is 5.56 Å². The number of hydrogen-bond acceptors (Lipinski definition) is 5. The second-order valence-corrected chi connectivity index (χ2v) is 8.89. The first-order valence-corrected chi connectivity index (χ1v) is 11.3. The summed E-state index contributed by atoms with van der Waals surface area (Å²) in [6.07, 6.45) is 1.96. The predicted molar refractivity (Wildman–Crippen MR) is 127 cm³/mol. The van der Waals surface area contributed by atoms with Gasteiger partial charge in [-0.05, 0) is 42.2 Å². The lowest BCUT2D eigenvalue weighted by atomic mass is 9.91. The molecule has 0 spiro atoms. The Morgan fingerprint density at radius 1 is 1.22 bits per heavy atom. The van der Waals surface area contributed by atoms with Crippen LogP contribution in [0.2, 0.25) is 0 Å². The third-order valence-corrected chi connectivity index (χ3v) is 6.55. The van der Waals surface area contributed by atoms with Gasteiger partial charge in [0.2, 0.25) is 0 Å². The molecule has 3 aromatic rings. The topological polar surface area (TPSA) is 71.2 Å². The molecule has 6 nitrogen and oxygen atoms in total. The summed E-state index contributed by atoms with van der Waals surface area (Å²) >= 11 is 0. The van der Waals surface area contributed by atoms with E-state index in [-0.39, 0.29) is 11.7 Å². The third kappa shape index (κ3) is 4.20. The first kappa shape index (κ1) is 21.9. The van der Waals surface area contributed by atoms with Gasteiger partial charge >= 0.3 is 0 Å². The van der Waals surface area contributed by atoms with E-state index in [1.54, 1.807) is 29.8 Å². The minimum Gasteiger partial charge on any atom is -0.490 e. The molecule has 1 fully saturated rings. The number of benzene rings is 1. The van der Waals surface area contributed by atoms with Crippen LogP contribution in [0.15, 0.2) is 47.3 Å². The van der Waals surface area contributed by atoms with Crippen LogP contribution in [0, 0.1) is 17.2 Å². The summed E-state index contributed by atoms with van der Waals surface area (Å²) in [6.45, 7) is 8.11. The molecule has 1 aliphatic rings. The van der Waals surface area contributed by atoms with Crippen molar-refractivity contribution in [3.8, 4) is 11.8 Å². The SMILES string of the molecule is CC[C@@H]1CN(c2cc(=O)n(C)c3ccc(C#N)nc23)CC[C@H]1Oc1ccc(C(C)C)cc1. The molecule has 0 N–H and O–H groups in total. The molecule has 0 bridgehead atoms. The van der Waals surface area contributed by atoms with Crippen LogP contribution in [0.5, 0.6) is 5.75 Å². The maximum absolute atomic E-state index is 12.6. The maximum Gasteiger partial charge on any atom is 0.252 e. The monoisotopic (exact) mass is 430 g/mol. The molecule has 6 heteroatoms. The zero-order valence-corrected chi connectivity index (χ0v) is 19.2. The number of ether oxygens (including phenoxy) is 1. The van der Waals surface area contributed by atoms with Crippen LogP contribution in [0.3, 0.4) is 0 Å². The second-order valence-electron chi connectivity index (χ2n) is 8.89. The van der Waals surface area contributed by atoms with Crippen molar-refractivity contribution in [1.29, 1.82) is 5.26 Å². The van der Waals surface area contributed by atoms with Crippen molar-refractivity contribution in [2.45, 2.75) is 45.6 Å². The van der Waals surface area contributed by atoms with Gasteiger partial charge in [0, 0.05) is 38.5 Å². The summed E-state index contributed by atoms with van der Waals surface area (Å²) < 4.78 is 7.98. The van der Waals surface area contributed by atoms with Crippen molar-refractivity contribution >= 4 is 16.7 Å². The number of hydrogen-bond donors (Lipinski definition) is 0. The molecule has 32 heavy (non-hydrogen) atoms. The van der Waals surface area contributed by atoms with Crippen molar-refractivity contribution in [2.75, 3.05) is 18.0 Å². The van der Waals surface area contributed by atoms with Crippen molar-refractivity contribution < 1.29 is 4.74 Å². The van der Waals surface area contributed by atoms with Crippen LogP contribution < -0.4 is 15.2 Å². The highest BCUT2D eigenvalue weighted by molar-refractivity contribution is 5.88. The molecule has 0 amide bonds. The number of rotatable bonds is 5. The molecule has 2 atom stereocenters. The number of aryl methyl sites for hydroxylation is 1. The van der Waals surface area contributed by atoms with Gasteiger partial charge in [0.15, 0.2) is 0 Å². The van der Waals surface area contributed by atoms with Gasteiger partial charge in [-0.25, -0.2) is 4.98 Å². The molecule has 1 saturated heterocycles. The Kier molecular flexibility index (Phi) is 6.18. The average molecular weight is 431 g/mol. The van der Waals surface area contributed by atoms with Gasteiger partial charge in [0.25, 0.3) is 5.56 Å². The van der Waals surface area contributed by atoms with Crippen LogP contribution in [-0.4, -0.2) is 28.7 Å². The van der Waals surface area contributed by atoms with Gasteiger partial charge in [-0.15, -0.1) is 0 Å². The van der Waals surface area contributed by atoms with Crippen molar-refractivity contribution in [3.05, 3.63) is 64.1 Å². The second kappa shape index (κ2) is 9.04. The van der Waals surface area contributed by atoms with E-state index in [0.29, 0.717) is 23.0 Å². The van der Waals surface area contributed by atoms with Crippen LogP contribution in [0.1, 0.15) is 50.8 Å². The van der Waals surface area contributed by atoms with E-state index in [9.17, 15) is 10.1 Å². The number of nitrogens with zero attached hydrogens (tertiary/aromatic N) is 4. The summed E-state index contributed by atoms with van der Waals surface area (Å²) in [7, 11) is 1.74. The highest BCUT2D eigenvalue weighted by Gasteiger charge is 2.31. The van der Waals surface area contributed by atoms with Gasteiger partial charge in [0.05, 0.1) is 11.2 Å². The molecule has 2 aromatic heterocycles. The molecule has 166 valence electrons. The van der Waals surface area contributed by atoms with Gasteiger partial charge in [-0.2, -0.15) is 5.26 Å². The zero-order valence-electron chi connectivity index (χ0n) is 19.2. The van der Waals surface area contributed by atoms with Gasteiger partial charge in [-0.1, -0.05) is 32.9 Å². The standard InChI is InChI=1S/C26H30N4O2/c1-5-18-16-30(13-12-24(18)32-21-9-6-19(7-10-21)17(2)3)23-14-25(31)29(4)22-11-8-20(15-27)28-26(22)23/h6-11,14,17-18,24H,5,12-13,16H2,1-4H3/t18-,24-/m1/s1. The highest BCUT2D eigenvalue weighted by atomic mass is 16.5. The molecule has 1 aliphatic heterocycles. The zero-order chi connectivity index (χ0) is 22.8. The molecular weight excluding hydrogens is 400 g/mol. The lowest BCUT2D eigenvalue weighted by Crippen LogP contribution is -2.46. The first-order valence-electron chi connectivity index (χ1n) is 11.3. The number of anilines is 1. The molecule has 0 saturated carbocycles. The largest absolute Gasteiger partial charge is 0.490 e. The van der Waals surface area contributed by atoms with Crippen molar-refractivity contribution in [1.82, 2.24) is 9.55 Å². The normalized spacial score (nSPS) is 18.7. The van der Waals surface area contributed by atoms with Gasteiger partial charge in [-0.3, -0.25) is 4.79 Å². The Morgan fingerprint density at radius 3 is 2.62 bits per heavy atom. The predicted octanol–water partition coefficient (Wildman–Crippen LogP) is 4.61. The smallest absolute Gasteiger partial charge is 0.252 e. The number of pyridine rings is 2. The van der Waals surface area contributed by atoms with Crippen LogP contribution in [-0.2, 0) is 7.05 Å². The Bertz CT molecular complexity index is 1210. The Balaban J connectivity index is 1.59. The Labute approximate surface area is 189 Å². The van der Waals surface area contributed by atoms with Crippen molar-refractivity contribution in [2.24, 2.45) is 13.0 Å². The average Bonchev–Trinajstić information content (AvgIpc) is 2.81. The number of piperidine rings is 1. The Hall–Kier alpha value is -3.33. The number of fused-ring (bicyclic) bond motifs is 1. The lowest BCUT2D eigenvalue weighted by Gasteiger charge is -2.39. The van der Waals surface area contributed by atoms with Crippen LogP contribution in [0.4, 0.5) is 5.69 Å². The van der Waals surface area contributed by atoms with E-state index < -0.39 is 0 Å². The van der Waals surface area contributed by atoms with E-state index >= 15 is 0 Å². The molecule has 0 aliphatic carbocycles. The minimum atomic E-state index is -0.0735. The molecule has 0 radical (unpaired) electrons. The van der Waals surface area contributed by atoms with E-state index in [1.807, 2.05) is 0 Å². The van der Waals surface area contributed by atoms with E-state index in [2.05, 4.69) is 61.0 Å². The Morgan fingerprint density at radius 2 is 1.97 bits per heavy atom. The highest BCUT2D eigenvalue weighted by Crippen LogP contribution is 2.31. The maximum atomic E-state index is 12.6. The lowest BCUT2D eigenvalue weighted by molar-refractivity contribution is 0.110. The van der Waals surface area contributed by atoms with Crippen LogP contribution in [0.25, 0.3) is 11.0 Å². The summed E-state index contributed by atoms with van der Waals surface area (Å²) in [5, 5.41) is 9.31. The molecule has 0 unspecified atom stereocenters. The summed E-state index contributed by atoms with van der Waals surface area (Å²) in [5.41, 5.74) is 3.83. The number of nitriles is 1. The van der Waals surface area contributed by atoms with E-state index in [0.717, 1.165) is 42.9 Å². The quantitative estimate of drug-likeness (QED) is 0.591. The summed E-state index contributed by atoms with van der Waals surface area (Å²) in [4.78, 5) is 19.4. The fourth-order valence-electron chi connectivity index (χ4n) is 4.50. The molecule has 1 aromatic carbocycles. The number of aromatic nitrogens is 2. The molecule has 4 rings (SSSR count). The van der Waals surface area contributed by atoms with Crippen LogP contribution >= 0.6 is 0 Å². The minimum absolute atomic E-state index is 0.0735.